The third kappa shape index (κ3) is 9.20. The molecule has 0 bridgehead atoms. The summed E-state index contributed by atoms with van der Waals surface area (Å²) in [6.45, 7) is 0. The molecule has 0 saturated carbocycles. The third-order valence-electron chi connectivity index (χ3n) is 0.289. The maximum absolute atomic E-state index is 9.28. The van der Waals surface area contributed by atoms with Crippen LogP contribution in [-0.4, -0.2) is 35.0 Å². The predicted molar refractivity (Wildman–Crippen MR) is 20.4 cm³/mol. The molecule has 0 fully saturated rings. The summed E-state index contributed by atoms with van der Waals surface area (Å²) in [6.07, 6.45) is -1.03. The number of aliphatic carboxylic acids is 2. The van der Waals surface area contributed by atoms with E-state index in [-0.39, 0.29) is 23.1 Å². The molecule has 0 N–H and O–H groups in total. The minimum atomic E-state index is -1.63. The van der Waals surface area contributed by atoms with Crippen LogP contribution in [0.3, 0.4) is 0 Å². The fourth-order valence-corrected chi connectivity index (χ4v) is 0.118. The van der Waals surface area contributed by atoms with Crippen molar-refractivity contribution in [1.29, 1.82) is 0 Å². The Morgan fingerprint density at radius 2 is 1.38 bits per heavy atom. The molecule has 0 rings (SSSR count). The van der Waals surface area contributed by atoms with Gasteiger partial charge in [0.15, 0.2) is 0 Å². The average molecular weight is 126 g/mol. The summed E-state index contributed by atoms with van der Waals surface area (Å²) in [6, 6.07) is 0. The predicted octanol–water partition coefficient (Wildman–Crippen LogP) is -3.50. The molecule has 4 nitrogen and oxygen atoms in total. The van der Waals surface area contributed by atoms with Crippen LogP contribution >= 0.6 is 0 Å². The zero-order valence-corrected chi connectivity index (χ0v) is 5.46. The van der Waals surface area contributed by atoms with Gasteiger partial charge in [0.05, 0.1) is 0 Å². The normalized spacial score (nSPS) is 7.00. The molecule has 0 saturated heterocycles. The van der Waals surface area contributed by atoms with E-state index in [0.29, 0.717) is 0 Å². The molecule has 0 aromatic heterocycles. The van der Waals surface area contributed by atoms with E-state index in [4.69, 9.17) is 0 Å². The molecule has 0 unspecified atom stereocenters. The molecule has 0 aromatic rings. The number of carbonyl (C=O) groups is 2. The molecule has 0 amide bonds. The van der Waals surface area contributed by atoms with Crippen molar-refractivity contribution in [1.82, 2.24) is 0 Å². The molecule has 8 heavy (non-hydrogen) atoms. The Labute approximate surface area is 61.7 Å². The largest absolute Gasteiger partial charge is 2.00 e. The van der Waals surface area contributed by atoms with Crippen molar-refractivity contribution in [3.63, 3.8) is 0 Å². The second-order valence-electron chi connectivity index (χ2n) is 0.921. The third-order valence-corrected chi connectivity index (χ3v) is 0.289. The van der Waals surface area contributed by atoms with Crippen molar-refractivity contribution in [3.8, 4) is 0 Å². The second-order valence-corrected chi connectivity index (χ2v) is 0.921. The zero-order chi connectivity index (χ0) is 5.86. The summed E-state index contributed by atoms with van der Waals surface area (Å²) < 4.78 is 0. The monoisotopic (exact) mass is 126 g/mol. The van der Waals surface area contributed by atoms with Gasteiger partial charge in [-0.3, -0.25) is 0 Å². The van der Waals surface area contributed by atoms with Crippen LogP contribution in [0.25, 0.3) is 0 Å². The van der Waals surface area contributed by atoms with E-state index >= 15 is 0 Å². The van der Waals surface area contributed by atoms with Crippen molar-refractivity contribution in [2.45, 2.75) is 6.42 Å². The van der Waals surface area contributed by atoms with Crippen LogP contribution in [0.1, 0.15) is 6.42 Å². The molecule has 40 valence electrons. The van der Waals surface area contributed by atoms with Crippen molar-refractivity contribution in [2.24, 2.45) is 0 Å². The number of hydrogen-bond acceptors (Lipinski definition) is 4. The topological polar surface area (TPSA) is 80.3 Å². The molecular weight excluding hydrogens is 124 g/mol. The Hall–Kier alpha value is -0.294. The van der Waals surface area contributed by atoms with E-state index in [2.05, 4.69) is 0 Å². The van der Waals surface area contributed by atoms with Gasteiger partial charge < -0.3 is 19.8 Å². The van der Waals surface area contributed by atoms with Crippen LogP contribution in [0, 0.1) is 0 Å². The van der Waals surface area contributed by atoms with E-state index in [1.165, 1.54) is 0 Å². The van der Waals surface area contributed by atoms with Crippen LogP contribution in [-0.2, 0) is 9.59 Å². The summed E-state index contributed by atoms with van der Waals surface area (Å²) in [5.41, 5.74) is 0. The first-order valence-electron chi connectivity index (χ1n) is 1.52. The molecule has 0 aliphatic carbocycles. The molecule has 0 radical (unpaired) electrons. The molecule has 0 aliphatic heterocycles. The van der Waals surface area contributed by atoms with E-state index in [0.717, 1.165) is 0 Å². The van der Waals surface area contributed by atoms with Gasteiger partial charge in [0.2, 0.25) is 0 Å². The van der Waals surface area contributed by atoms with Gasteiger partial charge >= 0.3 is 23.1 Å². The molecule has 5 heteroatoms. The van der Waals surface area contributed by atoms with Gasteiger partial charge in [-0.1, -0.05) is 0 Å². The van der Waals surface area contributed by atoms with Gasteiger partial charge in [0.1, 0.15) is 0 Å². The number of hydrogen-bond donors (Lipinski definition) is 0. The van der Waals surface area contributed by atoms with Gasteiger partial charge in [-0.05, 0) is 0 Å². The maximum atomic E-state index is 9.28. The van der Waals surface area contributed by atoms with Crippen molar-refractivity contribution in [3.05, 3.63) is 0 Å². The molecule has 0 spiro atoms. The van der Waals surface area contributed by atoms with Gasteiger partial charge in [-0.25, -0.2) is 0 Å². The van der Waals surface area contributed by atoms with Gasteiger partial charge in [-0.15, -0.1) is 0 Å². The van der Waals surface area contributed by atoms with Crippen molar-refractivity contribution >= 4 is 35.0 Å². The summed E-state index contributed by atoms with van der Waals surface area (Å²) in [5.74, 6) is -3.25. The van der Waals surface area contributed by atoms with E-state index in [1.807, 2.05) is 0 Å². The smallest absolute Gasteiger partial charge is 0.550 e. The van der Waals surface area contributed by atoms with Crippen LogP contribution in [0.2, 0.25) is 0 Å². The number of carboxylic acid groups (broad SMARTS) is 2. The summed E-state index contributed by atoms with van der Waals surface area (Å²) in [7, 11) is 0. The Balaban J connectivity index is 0. The first-order valence-corrected chi connectivity index (χ1v) is 1.52. The van der Waals surface area contributed by atoms with Crippen LogP contribution in [0.4, 0.5) is 0 Å². The number of carboxylic acids is 2. The molecule has 0 aliphatic rings. The number of carbonyl (C=O) groups excluding carboxylic acids is 2. The fourth-order valence-electron chi connectivity index (χ4n) is 0.118. The molecule has 0 heterocycles. The maximum Gasteiger partial charge on any atom is 2.00 e. The van der Waals surface area contributed by atoms with E-state index < -0.39 is 18.4 Å². The summed E-state index contributed by atoms with van der Waals surface area (Å²) in [4.78, 5) is 18.6. The SMILES string of the molecule is O=C([O-])CC(=O)[O-].[Mg+2]. The fraction of sp³-hybridized carbons (Fsp3) is 0.333. The van der Waals surface area contributed by atoms with Crippen molar-refractivity contribution in [2.75, 3.05) is 0 Å². The molecule has 0 aromatic carbocycles. The molecule has 0 atom stereocenters. The second kappa shape index (κ2) is 4.86. The first kappa shape index (κ1) is 10.6. The van der Waals surface area contributed by atoms with Gasteiger partial charge in [0.25, 0.3) is 0 Å². The quantitative estimate of drug-likeness (QED) is 0.284. The molecular formula is C3H2MgO4. The van der Waals surface area contributed by atoms with Crippen molar-refractivity contribution < 1.29 is 19.8 Å². The average Bonchev–Trinajstić information content (AvgIpc) is 1.27. The summed E-state index contributed by atoms with van der Waals surface area (Å²) >= 11 is 0. The van der Waals surface area contributed by atoms with Gasteiger partial charge in [-0.2, -0.15) is 0 Å². The Morgan fingerprint density at radius 1 is 1.12 bits per heavy atom. The summed E-state index contributed by atoms with van der Waals surface area (Å²) in [5, 5.41) is 18.6. The number of rotatable bonds is 2. The minimum absolute atomic E-state index is 0. The van der Waals surface area contributed by atoms with Crippen LogP contribution in [0.5, 0.6) is 0 Å². The standard InChI is InChI=1S/C3H4O4.Mg/c4-2(5)1-3(6)7;/h1H2,(H,4,5)(H,6,7);/q;+2/p-2. The van der Waals surface area contributed by atoms with Crippen LogP contribution in [0.15, 0.2) is 0 Å². The Kier molecular flexibility index (Phi) is 6.46. The first-order chi connectivity index (χ1) is 3.13. The van der Waals surface area contributed by atoms with E-state index in [1.54, 1.807) is 0 Å². The minimum Gasteiger partial charge on any atom is -0.550 e. The Morgan fingerprint density at radius 3 is 1.38 bits per heavy atom. The van der Waals surface area contributed by atoms with Crippen LogP contribution < -0.4 is 10.2 Å². The van der Waals surface area contributed by atoms with Gasteiger partial charge in [0, 0.05) is 18.4 Å². The Bertz CT molecular complexity index is 87.5. The van der Waals surface area contributed by atoms with E-state index in [9.17, 15) is 19.8 Å². The zero-order valence-electron chi connectivity index (χ0n) is 4.05.